The van der Waals surface area contributed by atoms with Crippen molar-refractivity contribution in [2.24, 2.45) is 0 Å². The van der Waals surface area contributed by atoms with E-state index >= 15 is 0 Å². The average Bonchev–Trinajstić information content (AvgIpc) is 2.05. The van der Waals surface area contributed by atoms with Crippen molar-refractivity contribution in [3.63, 3.8) is 0 Å². The van der Waals surface area contributed by atoms with Gasteiger partial charge in [0.25, 0.3) is 0 Å². The number of benzene rings is 1. The van der Waals surface area contributed by atoms with Crippen molar-refractivity contribution in [3.8, 4) is 0 Å². The molecule has 0 saturated carbocycles. The number of anilines is 1. The summed E-state index contributed by atoms with van der Waals surface area (Å²) in [6, 6.07) is 9.57. The number of hydrogen-bond acceptors (Lipinski definition) is 2. The average molecular weight is 184 g/mol. The lowest BCUT2D eigenvalue weighted by atomic mass is 10.3. The zero-order valence-electron chi connectivity index (χ0n) is 6.59. The highest BCUT2D eigenvalue weighted by atomic mass is 35.5. The van der Waals surface area contributed by atoms with Gasteiger partial charge in [-0.15, -0.1) is 0 Å². The van der Waals surface area contributed by atoms with Crippen LogP contribution in [0.4, 0.5) is 5.69 Å². The van der Waals surface area contributed by atoms with E-state index in [-0.39, 0.29) is 0 Å². The van der Waals surface area contributed by atoms with E-state index in [9.17, 15) is 0 Å². The fourth-order valence-electron chi connectivity index (χ4n) is 0.704. The quantitative estimate of drug-likeness (QED) is 0.725. The number of nitrogens with one attached hydrogen (secondary N) is 1. The monoisotopic (exact) mass is 183 g/mol. The van der Waals surface area contributed by atoms with Gasteiger partial charge in [0, 0.05) is 5.03 Å². The molecule has 64 valence electrons. The molecule has 0 spiro atoms. The molecule has 3 heteroatoms. The molecule has 1 aromatic carbocycles. The van der Waals surface area contributed by atoms with E-state index in [0.717, 1.165) is 5.69 Å². The van der Waals surface area contributed by atoms with Crippen LogP contribution in [0.5, 0.6) is 0 Å². The lowest BCUT2D eigenvalue weighted by Gasteiger charge is -2.04. The Morgan fingerprint density at radius 2 is 2.08 bits per heavy atom. The molecular formula is C9H10ClNO. The standard InChI is InChI=1S/C9H10ClNO/c1-8(10)7-12-11-9-5-3-2-4-6-9/h2-6,11H,1,7H2. The van der Waals surface area contributed by atoms with Gasteiger partial charge in [-0.3, -0.25) is 10.3 Å². The van der Waals surface area contributed by atoms with Crippen LogP contribution >= 0.6 is 11.6 Å². The maximum Gasteiger partial charge on any atom is 0.110 e. The van der Waals surface area contributed by atoms with Crippen LogP contribution in [0.2, 0.25) is 0 Å². The summed E-state index contributed by atoms with van der Waals surface area (Å²) in [6.45, 7) is 3.79. The molecule has 1 rings (SSSR count). The normalized spacial score (nSPS) is 9.42. The van der Waals surface area contributed by atoms with Crippen LogP contribution in [0.15, 0.2) is 41.9 Å². The van der Waals surface area contributed by atoms with Crippen molar-refractivity contribution in [2.75, 3.05) is 12.1 Å². The van der Waals surface area contributed by atoms with E-state index in [4.69, 9.17) is 16.4 Å². The fraction of sp³-hybridized carbons (Fsp3) is 0.111. The van der Waals surface area contributed by atoms with E-state index in [1.807, 2.05) is 30.3 Å². The van der Waals surface area contributed by atoms with E-state index in [1.165, 1.54) is 0 Å². The molecule has 0 atom stereocenters. The molecule has 12 heavy (non-hydrogen) atoms. The van der Waals surface area contributed by atoms with Crippen molar-refractivity contribution in [1.29, 1.82) is 0 Å². The van der Waals surface area contributed by atoms with Gasteiger partial charge in [0.05, 0.1) is 5.69 Å². The van der Waals surface area contributed by atoms with Crippen LogP contribution in [-0.2, 0) is 4.84 Å². The molecule has 0 radical (unpaired) electrons. The first-order valence-corrected chi connectivity index (χ1v) is 3.93. The number of rotatable bonds is 4. The number of halogens is 1. The third kappa shape index (κ3) is 3.42. The van der Waals surface area contributed by atoms with Gasteiger partial charge in [0.15, 0.2) is 0 Å². The molecule has 0 fully saturated rings. The highest BCUT2D eigenvalue weighted by molar-refractivity contribution is 6.29. The summed E-state index contributed by atoms with van der Waals surface area (Å²) in [4.78, 5) is 5.00. The lowest BCUT2D eigenvalue weighted by Crippen LogP contribution is -2.01. The van der Waals surface area contributed by atoms with Crippen LogP contribution in [0, 0.1) is 0 Å². The SMILES string of the molecule is C=C(Cl)CONc1ccccc1. The summed E-state index contributed by atoms with van der Waals surface area (Å²) in [7, 11) is 0. The molecule has 1 aromatic rings. The minimum absolute atomic E-state index is 0.302. The topological polar surface area (TPSA) is 21.3 Å². The molecule has 2 nitrogen and oxygen atoms in total. The Hall–Kier alpha value is -0.990. The zero-order chi connectivity index (χ0) is 8.81. The van der Waals surface area contributed by atoms with Gasteiger partial charge < -0.3 is 0 Å². The van der Waals surface area contributed by atoms with Crippen LogP contribution in [0.1, 0.15) is 0 Å². The molecule has 0 aliphatic heterocycles. The van der Waals surface area contributed by atoms with E-state index < -0.39 is 0 Å². The second-order valence-corrected chi connectivity index (χ2v) is 2.81. The zero-order valence-corrected chi connectivity index (χ0v) is 7.34. The Labute approximate surface area is 76.8 Å². The van der Waals surface area contributed by atoms with Gasteiger partial charge in [-0.1, -0.05) is 36.4 Å². The second-order valence-electron chi connectivity index (χ2n) is 2.27. The molecule has 0 aliphatic carbocycles. The molecule has 0 bridgehead atoms. The van der Waals surface area contributed by atoms with Crippen molar-refractivity contribution in [1.82, 2.24) is 0 Å². The molecule has 0 amide bonds. The van der Waals surface area contributed by atoms with Gasteiger partial charge in [-0.25, -0.2) is 0 Å². The summed E-state index contributed by atoms with van der Waals surface area (Å²) in [5.41, 5.74) is 3.63. The molecule has 1 N–H and O–H groups in total. The van der Waals surface area contributed by atoms with Crippen molar-refractivity contribution < 1.29 is 4.84 Å². The van der Waals surface area contributed by atoms with Crippen LogP contribution in [-0.4, -0.2) is 6.61 Å². The molecule has 0 unspecified atom stereocenters. The van der Waals surface area contributed by atoms with Gasteiger partial charge in [0.2, 0.25) is 0 Å². The molecule has 0 heterocycles. The van der Waals surface area contributed by atoms with E-state index in [1.54, 1.807) is 0 Å². The van der Waals surface area contributed by atoms with E-state index in [0.29, 0.717) is 11.6 Å². The van der Waals surface area contributed by atoms with E-state index in [2.05, 4.69) is 12.1 Å². The minimum atomic E-state index is 0.302. The Bertz CT molecular complexity index is 248. The first kappa shape index (κ1) is 9.10. The maximum absolute atomic E-state index is 5.48. The van der Waals surface area contributed by atoms with Crippen molar-refractivity contribution >= 4 is 17.3 Å². The molecular weight excluding hydrogens is 174 g/mol. The number of para-hydroxylation sites is 1. The van der Waals surface area contributed by atoms with Crippen LogP contribution < -0.4 is 5.48 Å². The first-order chi connectivity index (χ1) is 5.79. The summed E-state index contributed by atoms with van der Waals surface area (Å²) in [6.07, 6.45) is 0. The van der Waals surface area contributed by atoms with Gasteiger partial charge in [-0.2, -0.15) is 0 Å². The first-order valence-electron chi connectivity index (χ1n) is 3.55. The smallest absolute Gasteiger partial charge is 0.110 e. The number of hydrogen-bond donors (Lipinski definition) is 1. The van der Waals surface area contributed by atoms with Gasteiger partial charge in [0.1, 0.15) is 6.61 Å². The van der Waals surface area contributed by atoms with Crippen molar-refractivity contribution in [3.05, 3.63) is 41.9 Å². The van der Waals surface area contributed by atoms with Crippen molar-refractivity contribution in [2.45, 2.75) is 0 Å². The summed E-state index contributed by atoms with van der Waals surface area (Å²) < 4.78 is 0. The van der Waals surface area contributed by atoms with Gasteiger partial charge in [-0.05, 0) is 12.1 Å². The Morgan fingerprint density at radius 3 is 2.67 bits per heavy atom. The molecule has 0 aromatic heterocycles. The fourth-order valence-corrected chi connectivity index (χ4v) is 0.758. The molecule has 0 aliphatic rings. The third-order valence-electron chi connectivity index (χ3n) is 1.19. The molecule has 0 saturated heterocycles. The van der Waals surface area contributed by atoms with Crippen LogP contribution in [0.3, 0.4) is 0 Å². The predicted molar refractivity (Wildman–Crippen MR) is 51.0 cm³/mol. The third-order valence-corrected chi connectivity index (χ3v) is 1.30. The minimum Gasteiger partial charge on any atom is -0.270 e. The van der Waals surface area contributed by atoms with Gasteiger partial charge >= 0.3 is 0 Å². The highest BCUT2D eigenvalue weighted by Gasteiger charge is 1.89. The Morgan fingerprint density at radius 1 is 1.42 bits per heavy atom. The largest absolute Gasteiger partial charge is 0.270 e. The summed E-state index contributed by atoms with van der Waals surface area (Å²) in [5, 5.41) is 0.471. The summed E-state index contributed by atoms with van der Waals surface area (Å²) >= 11 is 5.48. The highest BCUT2D eigenvalue weighted by Crippen LogP contribution is 2.05. The Balaban J connectivity index is 2.29. The van der Waals surface area contributed by atoms with Crippen LogP contribution in [0.25, 0.3) is 0 Å². The Kier molecular flexibility index (Phi) is 3.64. The predicted octanol–water partition coefficient (Wildman–Crippen LogP) is 2.78. The maximum atomic E-state index is 5.48. The second kappa shape index (κ2) is 4.80. The lowest BCUT2D eigenvalue weighted by molar-refractivity contribution is 0.225. The summed E-state index contributed by atoms with van der Waals surface area (Å²) in [5.74, 6) is 0.